The van der Waals surface area contributed by atoms with Crippen molar-refractivity contribution in [3.63, 3.8) is 0 Å². The SMILES string of the molecule is CCC1(C(=O)N2CC(CC(=O)O)C2)CCCN1. The minimum Gasteiger partial charge on any atom is -0.481 e. The Morgan fingerprint density at radius 1 is 1.47 bits per heavy atom. The number of amides is 1. The number of carbonyl (C=O) groups is 2. The molecule has 2 N–H and O–H groups in total. The van der Waals surface area contributed by atoms with Crippen LogP contribution in [0.3, 0.4) is 0 Å². The zero-order chi connectivity index (χ0) is 12.5. The number of carbonyl (C=O) groups excluding carboxylic acids is 1. The molecule has 0 radical (unpaired) electrons. The number of nitrogens with zero attached hydrogens (tertiary/aromatic N) is 1. The van der Waals surface area contributed by atoms with Crippen molar-refractivity contribution in [3.05, 3.63) is 0 Å². The summed E-state index contributed by atoms with van der Waals surface area (Å²) in [4.78, 5) is 24.7. The minimum atomic E-state index is -0.772. The van der Waals surface area contributed by atoms with Crippen LogP contribution < -0.4 is 5.32 Å². The lowest BCUT2D eigenvalue weighted by Gasteiger charge is -2.43. The molecular weight excluding hydrogens is 220 g/mol. The van der Waals surface area contributed by atoms with E-state index in [9.17, 15) is 9.59 Å². The first-order chi connectivity index (χ1) is 8.07. The topological polar surface area (TPSA) is 69.6 Å². The normalized spacial score (nSPS) is 29.1. The third-order valence-corrected chi connectivity index (χ3v) is 3.96. The summed E-state index contributed by atoms with van der Waals surface area (Å²) in [6.07, 6.45) is 2.94. The van der Waals surface area contributed by atoms with Crippen molar-refractivity contribution in [1.82, 2.24) is 10.2 Å². The zero-order valence-electron chi connectivity index (χ0n) is 10.2. The average molecular weight is 240 g/mol. The van der Waals surface area contributed by atoms with Gasteiger partial charge in [-0.25, -0.2) is 0 Å². The van der Waals surface area contributed by atoms with Gasteiger partial charge in [0.25, 0.3) is 0 Å². The summed E-state index contributed by atoms with van der Waals surface area (Å²) in [6.45, 7) is 4.15. The maximum absolute atomic E-state index is 12.3. The van der Waals surface area contributed by atoms with Crippen molar-refractivity contribution in [2.45, 2.75) is 38.1 Å². The molecule has 2 fully saturated rings. The number of rotatable bonds is 4. The molecule has 0 aromatic rings. The standard InChI is InChI=1S/C12H20N2O3/c1-2-12(4-3-5-13-12)11(17)14-7-9(8-14)6-10(15)16/h9,13H,2-8H2,1H3,(H,15,16). The molecular formula is C12H20N2O3. The summed E-state index contributed by atoms with van der Waals surface area (Å²) in [5.41, 5.74) is -0.367. The molecule has 0 aromatic carbocycles. The van der Waals surface area contributed by atoms with Gasteiger partial charge in [0.05, 0.1) is 12.0 Å². The van der Waals surface area contributed by atoms with Crippen LogP contribution in [0.2, 0.25) is 0 Å². The smallest absolute Gasteiger partial charge is 0.303 e. The minimum absolute atomic E-state index is 0.145. The molecule has 5 heteroatoms. The first-order valence-electron chi connectivity index (χ1n) is 6.33. The van der Waals surface area contributed by atoms with Crippen LogP contribution in [-0.4, -0.2) is 47.1 Å². The predicted octanol–water partition coefficient (Wildman–Crippen LogP) is 0.452. The molecule has 2 saturated heterocycles. The molecule has 0 spiro atoms. The van der Waals surface area contributed by atoms with Crippen molar-refractivity contribution in [2.75, 3.05) is 19.6 Å². The third-order valence-electron chi connectivity index (χ3n) is 3.96. The molecule has 1 amide bonds. The number of nitrogens with one attached hydrogen (secondary N) is 1. The summed E-state index contributed by atoms with van der Waals surface area (Å²) in [7, 11) is 0. The van der Waals surface area contributed by atoms with Crippen molar-refractivity contribution >= 4 is 11.9 Å². The molecule has 1 unspecified atom stereocenters. The molecule has 2 heterocycles. The summed E-state index contributed by atoms with van der Waals surface area (Å²) in [5.74, 6) is -0.461. The van der Waals surface area contributed by atoms with Gasteiger partial charge in [-0.1, -0.05) is 6.92 Å². The maximum Gasteiger partial charge on any atom is 0.303 e. The highest BCUT2D eigenvalue weighted by Gasteiger charge is 2.45. The molecule has 0 bridgehead atoms. The largest absolute Gasteiger partial charge is 0.481 e. The molecule has 2 aliphatic heterocycles. The lowest BCUT2D eigenvalue weighted by Crippen LogP contribution is -2.61. The van der Waals surface area contributed by atoms with Crippen molar-refractivity contribution in [2.24, 2.45) is 5.92 Å². The van der Waals surface area contributed by atoms with Crippen molar-refractivity contribution in [1.29, 1.82) is 0 Å². The fraction of sp³-hybridized carbons (Fsp3) is 0.833. The van der Waals surface area contributed by atoms with E-state index in [1.165, 1.54) is 0 Å². The third kappa shape index (κ3) is 2.29. The quantitative estimate of drug-likeness (QED) is 0.748. The van der Waals surface area contributed by atoms with Gasteiger partial charge in [-0.15, -0.1) is 0 Å². The highest BCUT2D eigenvalue weighted by atomic mass is 16.4. The molecule has 0 aliphatic carbocycles. The van der Waals surface area contributed by atoms with Crippen LogP contribution in [-0.2, 0) is 9.59 Å². The summed E-state index contributed by atoms with van der Waals surface area (Å²) >= 11 is 0. The van der Waals surface area contributed by atoms with Gasteiger partial charge in [0.15, 0.2) is 0 Å². The van der Waals surface area contributed by atoms with E-state index in [0.717, 1.165) is 25.8 Å². The molecule has 17 heavy (non-hydrogen) atoms. The van der Waals surface area contributed by atoms with Gasteiger partial charge in [0.2, 0.25) is 5.91 Å². The van der Waals surface area contributed by atoms with Gasteiger partial charge in [0, 0.05) is 19.0 Å². The van der Waals surface area contributed by atoms with Crippen LogP contribution in [0.25, 0.3) is 0 Å². The number of likely N-dealkylation sites (tertiary alicyclic amines) is 1. The molecule has 0 aromatic heterocycles. The summed E-state index contributed by atoms with van der Waals surface area (Å²) in [5, 5.41) is 12.0. The molecule has 0 saturated carbocycles. The summed E-state index contributed by atoms with van der Waals surface area (Å²) in [6, 6.07) is 0. The Bertz CT molecular complexity index is 318. The van der Waals surface area contributed by atoms with Crippen molar-refractivity contribution in [3.8, 4) is 0 Å². The van der Waals surface area contributed by atoms with Gasteiger partial charge >= 0.3 is 5.97 Å². The Morgan fingerprint density at radius 3 is 2.65 bits per heavy atom. The average Bonchev–Trinajstić information content (AvgIpc) is 2.71. The zero-order valence-corrected chi connectivity index (χ0v) is 10.2. The number of carboxylic acid groups (broad SMARTS) is 1. The second-order valence-electron chi connectivity index (χ2n) is 5.14. The Kier molecular flexibility index (Phi) is 3.38. The van der Waals surface area contributed by atoms with Crippen LogP contribution in [0.4, 0.5) is 0 Å². The molecule has 96 valence electrons. The van der Waals surface area contributed by atoms with Crippen LogP contribution in [0.1, 0.15) is 32.6 Å². The molecule has 5 nitrogen and oxygen atoms in total. The number of hydrogen-bond acceptors (Lipinski definition) is 3. The highest BCUT2D eigenvalue weighted by Crippen LogP contribution is 2.29. The van der Waals surface area contributed by atoms with E-state index in [-0.39, 0.29) is 23.8 Å². The Labute approximate surface area is 101 Å². The van der Waals surface area contributed by atoms with E-state index in [0.29, 0.717) is 13.1 Å². The van der Waals surface area contributed by atoms with E-state index in [4.69, 9.17) is 5.11 Å². The molecule has 1 atom stereocenters. The van der Waals surface area contributed by atoms with Gasteiger partial charge in [-0.2, -0.15) is 0 Å². The lowest BCUT2D eigenvalue weighted by atomic mass is 9.88. The fourth-order valence-electron chi connectivity index (χ4n) is 2.86. The Morgan fingerprint density at radius 2 is 2.18 bits per heavy atom. The van der Waals surface area contributed by atoms with Crippen LogP contribution in [0, 0.1) is 5.92 Å². The van der Waals surface area contributed by atoms with E-state index in [1.54, 1.807) is 4.90 Å². The van der Waals surface area contributed by atoms with Gasteiger partial charge < -0.3 is 15.3 Å². The monoisotopic (exact) mass is 240 g/mol. The van der Waals surface area contributed by atoms with E-state index in [2.05, 4.69) is 5.32 Å². The van der Waals surface area contributed by atoms with E-state index in [1.807, 2.05) is 6.92 Å². The second-order valence-corrected chi connectivity index (χ2v) is 5.14. The predicted molar refractivity (Wildman–Crippen MR) is 62.6 cm³/mol. The molecule has 2 aliphatic rings. The number of aliphatic carboxylic acids is 1. The van der Waals surface area contributed by atoms with Crippen LogP contribution in [0.15, 0.2) is 0 Å². The first-order valence-corrected chi connectivity index (χ1v) is 6.33. The fourth-order valence-corrected chi connectivity index (χ4v) is 2.86. The van der Waals surface area contributed by atoms with Gasteiger partial charge in [0.1, 0.15) is 0 Å². The Balaban J connectivity index is 1.88. The first kappa shape index (κ1) is 12.4. The second kappa shape index (κ2) is 4.64. The lowest BCUT2D eigenvalue weighted by molar-refractivity contribution is -0.149. The highest BCUT2D eigenvalue weighted by molar-refractivity contribution is 5.87. The summed E-state index contributed by atoms with van der Waals surface area (Å²) < 4.78 is 0. The van der Waals surface area contributed by atoms with E-state index < -0.39 is 5.97 Å². The van der Waals surface area contributed by atoms with Crippen LogP contribution >= 0.6 is 0 Å². The Hall–Kier alpha value is -1.10. The van der Waals surface area contributed by atoms with E-state index >= 15 is 0 Å². The number of carboxylic acids is 1. The van der Waals surface area contributed by atoms with Gasteiger partial charge in [-0.3, -0.25) is 9.59 Å². The van der Waals surface area contributed by atoms with Crippen LogP contribution in [0.5, 0.6) is 0 Å². The van der Waals surface area contributed by atoms with Gasteiger partial charge in [-0.05, 0) is 25.8 Å². The molecule has 2 rings (SSSR count). The maximum atomic E-state index is 12.3. The number of hydrogen-bond donors (Lipinski definition) is 2. The van der Waals surface area contributed by atoms with Crippen molar-refractivity contribution < 1.29 is 14.7 Å².